The van der Waals surface area contributed by atoms with Crippen LogP contribution >= 0.6 is 12.1 Å². The first-order chi connectivity index (χ1) is 5.15. The molecule has 1 atom stereocenters. The maximum absolute atomic E-state index is 11.1. The summed E-state index contributed by atoms with van der Waals surface area (Å²) in [4.78, 5) is 11.1. The number of likely N-dealkylation sites (N-methyl/N-ethyl adjacent to an activating group) is 2. The third-order valence-corrected chi connectivity index (χ3v) is 2.55. The number of carbonyl (C=O) groups is 1. The Morgan fingerprint density at radius 2 is 2.27 bits per heavy atom. The maximum Gasteiger partial charge on any atom is 0.325 e. The quantitative estimate of drug-likeness (QED) is 0.414. The summed E-state index contributed by atoms with van der Waals surface area (Å²) in [6.45, 7) is 0.730. The molecule has 0 N–H and O–H groups in total. The van der Waals surface area contributed by atoms with Gasteiger partial charge >= 0.3 is 5.97 Å². The van der Waals surface area contributed by atoms with Crippen molar-refractivity contribution < 1.29 is 9.53 Å². The average molecular weight is 176 g/mol. The molecule has 1 aliphatic rings. The second-order valence-corrected chi connectivity index (χ2v) is 3.84. The molecule has 1 unspecified atom stereocenters. The molecular weight excluding hydrogens is 164 g/mol. The van der Waals surface area contributed by atoms with E-state index in [0.29, 0.717) is 0 Å². The topological polar surface area (TPSA) is 32.8 Å². The number of carbonyl (C=O) groups excluding carboxylic acids is 1. The lowest BCUT2D eigenvalue weighted by atomic mass is 10.3. The minimum Gasteiger partial charge on any atom is -0.468 e. The Bertz CT molecular complexity index is 165. The molecule has 1 fully saturated rings. The zero-order valence-corrected chi connectivity index (χ0v) is 7.72. The molecule has 1 rings (SSSR count). The highest BCUT2D eigenvalue weighted by molar-refractivity contribution is 7.94. The first kappa shape index (κ1) is 8.83. The van der Waals surface area contributed by atoms with Crippen molar-refractivity contribution in [3.63, 3.8) is 0 Å². The predicted molar refractivity (Wildman–Crippen MR) is 43.8 cm³/mol. The van der Waals surface area contributed by atoms with Crippen LogP contribution in [0.25, 0.3) is 0 Å². The largest absolute Gasteiger partial charge is 0.468 e. The lowest BCUT2D eigenvalue weighted by Gasteiger charge is -2.12. The van der Waals surface area contributed by atoms with E-state index in [0.717, 1.165) is 6.54 Å². The van der Waals surface area contributed by atoms with Crippen LogP contribution in [0.3, 0.4) is 0 Å². The van der Waals surface area contributed by atoms with Gasteiger partial charge in [-0.15, -0.1) is 0 Å². The molecule has 0 radical (unpaired) electrons. The van der Waals surface area contributed by atoms with Gasteiger partial charge in [0.05, 0.1) is 7.11 Å². The zero-order valence-electron chi connectivity index (χ0n) is 6.90. The third-order valence-electron chi connectivity index (χ3n) is 1.61. The summed E-state index contributed by atoms with van der Waals surface area (Å²) in [5.41, 5.74) is 0. The number of hydrogen-bond donors (Lipinski definition) is 0. The van der Waals surface area contributed by atoms with Gasteiger partial charge in [-0.2, -0.15) is 0 Å². The second-order valence-electron chi connectivity index (χ2n) is 2.48. The minimum atomic E-state index is -0.163. The fraction of sp³-hybridized carbons (Fsp3) is 0.833. The number of nitrogens with zero attached hydrogens (tertiary/aromatic N) is 2. The zero-order chi connectivity index (χ0) is 8.43. The first-order valence-corrected chi connectivity index (χ1v) is 4.08. The molecule has 0 spiro atoms. The van der Waals surface area contributed by atoms with Gasteiger partial charge in [0, 0.05) is 18.7 Å². The Hall–Kier alpha value is -0.260. The third kappa shape index (κ3) is 1.85. The van der Waals surface area contributed by atoms with Gasteiger partial charge in [0.15, 0.2) is 0 Å². The van der Waals surface area contributed by atoms with Crippen LogP contribution < -0.4 is 0 Å². The molecule has 11 heavy (non-hydrogen) atoms. The van der Waals surface area contributed by atoms with E-state index >= 15 is 0 Å². The van der Waals surface area contributed by atoms with Crippen LogP contribution in [0.1, 0.15) is 0 Å². The van der Waals surface area contributed by atoms with Gasteiger partial charge in [-0.05, 0) is 14.1 Å². The van der Waals surface area contributed by atoms with E-state index in [4.69, 9.17) is 0 Å². The molecule has 0 aromatic carbocycles. The van der Waals surface area contributed by atoms with E-state index in [9.17, 15) is 4.79 Å². The van der Waals surface area contributed by atoms with Gasteiger partial charge in [-0.1, -0.05) is 0 Å². The standard InChI is InChI=1S/C6H12N2O2S/c1-7-4-5(6(9)10-3)8(2)11-7/h5H,4H2,1-3H3. The summed E-state index contributed by atoms with van der Waals surface area (Å²) in [7, 11) is 5.25. The van der Waals surface area contributed by atoms with E-state index < -0.39 is 0 Å². The van der Waals surface area contributed by atoms with Crippen LogP contribution in [0.5, 0.6) is 0 Å². The molecule has 1 saturated heterocycles. The van der Waals surface area contributed by atoms with Crippen molar-refractivity contribution in [2.45, 2.75) is 6.04 Å². The monoisotopic (exact) mass is 176 g/mol. The van der Waals surface area contributed by atoms with E-state index in [1.54, 1.807) is 0 Å². The number of esters is 1. The number of methoxy groups -OCH3 is 1. The fourth-order valence-corrected chi connectivity index (χ4v) is 1.94. The van der Waals surface area contributed by atoms with Gasteiger partial charge in [-0.3, -0.25) is 4.79 Å². The van der Waals surface area contributed by atoms with Crippen LogP contribution in [-0.4, -0.2) is 48.4 Å². The molecule has 0 aromatic rings. The average Bonchev–Trinajstić information content (AvgIpc) is 2.28. The van der Waals surface area contributed by atoms with Crippen molar-refractivity contribution in [2.75, 3.05) is 27.7 Å². The normalized spacial score (nSPS) is 27.4. The Kier molecular flexibility index (Phi) is 2.75. The van der Waals surface area contributed by atoms with Crippen molar-refractivity contribution in [3.8, 4) is 0 Å². The molecule has 0 saturated carbocycles. The van der Waals surface area contributed by atoms with Gasteiger partial charge in [0.25, 0.3) is 0 Å². The van der Waals surface area contributed by atoms with Gasteiger partial charge in [0.1, 0.15) is 6.04 Å². The van der Waals surface area contributed by atoms with Crippen molar-refractivity contribution in [2.24, 2.45) is 0 Å². The summed E-state index contributed by atoms with van der Waals surface area (Å²) in [6, 6.07) is -0.116. The molecule has 5 heteroatoms. The SMILES string of the molecule is COC(=O)C1CN(C)SN1C. The highest BCUT2D eigenvalue weighted by Gasteiger charge is 2.32. The van der Waals surface area contributed by atoms with Crippen LogP contribution in [-0.2, 0) is 9.53 Å². The Labute approximate surface area is 70.7 Å². The molecular formula is C6H12N2O2S. The Morgan fingerprint density at radius 1 is 1.64 bits per heavy atom. The van der Waals surface area contributed by atoms with Crippen LogP contribution in [0.2, 0.25) is 0 Å². The van der Waals surface area contributed by atoms with Crippen LogP contribution in [0.15, 0.2) is 0 Å². The summed E-state index contributed by atoms with van der Waals surface area (Å²) >= 11 is 1.54. The molecule has 4 nitrogen and oxygen atoms in total. The Balaban J connectivity index is 2.52. The molecule has 0 aliphatic carbocycles. The van der Waals surface area contributed by atoms with Crippen LogP contribution in [0, 0.1) is 0 Å². The first-order valence-electron chi connectivity index (χ1n) is 3.35. The molecule has 64 valence electrons. The summed E-state index contributed by atoms with van der Waals surface area (Å²) in [5.74, 6) is -0.163. The highest BCUT2D eigenvalue weighted by atomic mass is 32.2. The van der Waals surface area contributed by atoms with Gasteiger partial charge < -0.3 is 4.74 Å². The summed E-state index contributed by atoms with van der Waals surface area (Å²) in [5, 5.41) is 0. The number of ether oxygens (including phenoxy) is 1. The minimum absolute atomic E-state index is 0.116. The lowest BCUT2D eigenvalue weighted by Crippen LogP contribution is -2.34. The molecule has 1 heterocycles. The Morgan fingerprint density at radius 3 is 2.64 bits per heavy atom. The second kappa shape index (κ2) is 3.42. The van der Waals surface area contributed by atoms with E-state index in [-0.39, 0.29) is 12.0 Å². The number of rotatable bonds is 1. The smallest absolute Gasteiger partial charge is 0.325 e. The van der Waals surface area contributed by atoms with E-state index in [1.807, 2.05) is 22.7 Å². The van der Waals surface area contributed by atoms with Crippen molar-refractivity contribution in [1.82, 2.24) is 8.61 Å². The number of hydrogen-bond acceptors (Lipinski definition) is 5. The van der Waals surface area contributed by atoms with Crippen LogP contribution in [0.4, 0.5) is 0 Å². The van der Waals surface area contributed by atoms with Crippen molar-refractivity contribution in [3.05, 3.63) is 0 Å². The summed E-state index contributed by atoms with van der Waals surface area (Å²) < 4.78 is 8.53. The predicted octanol–water partition coefficient (Wildman–Crippen LogP) is -0.0316. The fourth-order valence-electron chi connectivity index (χ4n) is 1.03. The van der Waals surface area contributed by atoms with Crippen molar-refractivity contribution in [1.29, 1.82) is 0 Å². The molecule has 1 aliphatic heterocycles. The molecule has 0 aromatic heterocycles. The van der Waals surface area contributed by atoms with E-state index in [2.05, 4.69) is 4.74 Å². The molecule has 0 bridgehead atoms. The van der Waals surface area contributed by atoms with Gasteiger partial charge in [-0.25, -0.2) is 8.61 Å². The van der Waals surface area contributed by atoms with Gasteiger partial charge in [0.2, 0.25) is 0 Å². The van der Waals surface area contributed by atoms with E-state index in [1.165, 1.54) is 19.2 Å². The molecule has 0 amide bonds. The maximum atomic E-state index is 11.1. The van der Waals surface area contributed by atoms with Crippen molar-refractivity contribution >= 4 is 18.1 Å². The highest BCUT2D eigenvalue weighted by Crippen LogP contribution is 2.24. The summed E-state index contributed by atoms with van der Waals surface area (Å²) in [6.07, 6.45) is 0. The lowest BCUT2D eigenvalue weighted by molar-refractivity contribution is -0.144.